The molecule has 3 rings (SSSR count). The summed E-state index contributed by atoms with van der Waals surface area (Å²) in [5.74, 6) is 0.721. The molecule has 0 aliphatic rings. The molecule has 0 saturated carbocycles. The summed E-state index contributed by atoms with van der Waals surface area (Å²) >= 11 is 0. The highest BCUT2D eigenvalue weighted by atomic mass is 16.1. The molecule has 3 heteroatoms. The first kappa shape index (κ1) is 23.1. The van der Waals surface area contributed by atoms with Gasteiger partial charge in [-0.05, 0) is 32.8 Å². The molecule has 0 saturated heterocycles. The fourth-order valence-electron chi connectivity index (χ4n) is 3.39. The molecule has 1 aromatic heterocycles. The zero-order chi connectivity index (χ0) is 21.9. The number of aromatic nitrogens is 2. The Morgan fingerprint density at radius 1 is 0.933 bits per heavy atom. The van der Waals surface area contributed by atoms with E-state index in [1.165, 1.54) is 5.57 Å². The summed E-state index contributed by atoms with van der Waals surface area (Å²) in [6.07, 6.45) is 6.98. The predicted octanol–water partition coefficient (Wildman–Crippen LogP) is 6.82. The van der Waals surface area contributed by atoms with Gasteiger partial charge in [-0.1, -0.05) is 98.3 Å². The molecule has 0 N–H and O–H groups in total. The van der Waals surface area contributed by atoms with Crippen molar-refractivity contribution in [1.29, 1.82) is 0 Å². The van der Waals surface area contributed by atoms with Crippen molar-refractivity contribution in [3.05, 3.63) is 101 Å². The van der Waals surface area contributed by atoms with Crippen LogP contribution in [0.2, 0.25) is 0 Å². The Hall–Kier alpha value is -3.20. The number of benzene rings is 2. The van der Waals surface area contributed by atoms with E-state index in [0.717, 1.165) is 29.1 Å². The largest absolute Gasteiger partial charge is 0.292 e. The van der Waals surface area contributed by atoms with Gasteiger partial charge >= 0.3 is 0 Å². The van der Waals surface area contributed by atoms with Crippen molar-refractivity contribution in [2.75, 3.05) is 0 Å². The molecule has 156 valence electrons. The molecule has 1 heterocycles. The van der Waals surface area contributed by atoms with Crippen LogP contribution in [0.5, 0.6) is 0 Å². The van der Waals surface area contributed by atoms with E-state index >= 15 is 0 Å². The maximum atomic E-state index is 13.5. The monoisotopic (exact) mass is 400 g/mol. The second-order valence-electron chi connectivity index (χ2n) is 6.70. The Kier molecular flexibility index (Phi) is 9.02. The van der Waals surface area contributed by atoms with E-state index in [-0.39, 0.29) is 5.56 Å². The van der Waals surface area contributed by atoms with Crippen LogP contribution in [0.4, 0.5) is 0 Å². The van der Waals surface area contributed by atoms with E-state index in [4.69, 9.17) is 4.98 Å². The van der Waals surface area contributed by atoms with Gasteiger partial charge in [-0.15, -0.1) is 0 Å². The zero-order valence-corrected chi connectivity index (χ0v) is 18.7. The van der Waals surface area contributed by atoms with E-state index in [2.05, 4.69) is 12.2 Å². The van der Waals surface area contributed by atoms with Crippen LogP contribution in [0.15, 0.2) is 89.3 Å². The molecule has 0 fully saturated rings. The molecular formula is C27H32N2O. The minimum Gasteiger partial charge on any atom is -0.292 e. The SMILES string of the molecule is C/C=C\C(=C/C)CCn1c(-c2ccccc2)nc(C)c(-c2ccccc2)c1=O.CC. The minimum absolute atomic E-state index is 0.00786. The molecule has 0 amide bonds. The van der Waals surface area contributed by atoms with Crippen molar-refractivity contribution < 1.29 is 0 Å². The Labute approximate surface area is 180 Å². The first-order chi connectivity index (χ1) is 14.7. The highest BCUT2D eigenvalue weighted by Gasteiger charge is 2.16. The number of hydrogen-bond acceptors (Lipinski definition) is 2. The van der Waals surface area contributed by atoms with Gasteiger partial charge in [0.05, 0.1) is 11.3 Å². The van der Waals surface area contributed by atoms with Crippen LogP contribution in [0.25, 0.3) is 22.5 Å². The molecule has 0 aliphatic heterocycles. The smallest absolute Gasteiger partial charge is 0.261 e. The van der Waals surface area contributed by atoms with E-state index in [0.29, 0.717) is 12.1 Å². The van der Waals surface area contributed by atoms with Crippen molar-refractivity contribution in [2.45, 2.75) is 47.6 Å². The highest BCUT2D eigenvalue weighted by Crippen LogP contribution is 2.23. The standard InChI is InChI=1S/C25H26N2O.C2H6/c1-4-12-20(5-2)17-18-27-24(22-15-10-7-11-16-22)26-19(3)23(25(27)28)21-13-8-6-9-14-21;1-2/h4-16H,17-18H2,1-3H3;1-2H3/b12-4-,20-5+;. The molecule has 0 atom stereocenters. The number of aryl methyl sites for hydroxylation is 1. The summed E-state index contributed by atoms with van der Waals surface area (Å²) in [5, 5.41) is 0. The normalized spacial score (nSPS) is 11.3. The van der Waals surface area contributed by atoms with Gasteiger partial charge in [-0.25, -0.2) is 4.98 Å². The summed E-state index contributed by atoms with van der Waals surface area (Å²) < 4.78 is 1.82. The lowest BCUT2D eigenvalue weighted by Gasteiger charge is -2.16. The summed E-state index contributed by atoms with van der Waals surface area (Å²) in [7, 11) is 0. The molecule has 0 unspecified atom stereocenters. The van der Waals surface area contributed by atoms with E-state index in [9.17, 15) is 4.79 Å². The second kappa shape index (κ2) is 11.7. The van der Waals surface area contributed by atoms with Crippen LogP contribution in [0, 0.1) is 6.92 Å². The van der Waals surface area contributed by atoms with Crippen LogP contribution in [0.1, 0.15) is 39.8 Å². The lowest BCUT2D eigenvalue weighted by atomic mass is 10.0. The Morgan fingerprint density at radius 2 is 1.50 bits per heavy atom. The van der Waals surface area contributed by atoms with Gasteiger partial charge in [-0.3, -0.25) is 9.36 Å². The summed E-state index contributed by atoms with van der Waals surface area (Å²) in [6.45, 7) is 10.5. The third-order valence-electron chi connectivity index (χ3n) is 4.82. The lowest BCUT2D eigenvalue weighted by molar-refractivity contribution is 0.664. The van der Waals surface area contributed by atoms with E-state index < -0.39 is 0 Å². The molecule has 30 heavy (non-hydrogen) atoms. The second-order valence-corrected chi connectivity index (χ2v) is 6.70. The van der Waals surface area contributed by atoms with Gasteiger partial charge in [0, 0.05) is 12.1 Å². The zero-order valence-electron chi connectivity index (χ0n) is 18.7. The summed E-state index contributed by atoms with van der Waals surface area (Å²) in [4.78, 5) is 18.4. The molecule has 3 nitrogen and oxygen atoms in total. The highest BCUT2D eigenvalue weighted by molar-refractivity contribution is 5.67. The van der Waals surface area contributed by atoms with Crippen LogP contribution >= 0.6 is 0 Å². The van der Waals surface area contributed by atoms with Gasteiger partial charge in [0.25, 0.3) is 5.56 Å². The summed E-state index contributed by atoms with van der Waals surface area (Å²) in [6, 6.07) is 19.7. The molecule has 0 aliphatic carbocycles. The molecule has 3 aromatic rings. The van der Waals surface area contributed by atoms with Crippen LogP contribution in [0.3, 0.4) is 0 Å². The van der Waals surface area contributed by atoms with Crippen LogP contribution in [-0.2, 0) is 6.54 Å². The van der Waals surface area contributed by atoms with Crippen molar-refractivity contribution in [3.8, 4) is 22.5 Å². The van der Waals surface area contributed by atoms with Gasteiger partial charge < -0.3 is 0 Å². The number of rotatable bonds is 6. The topological polar surface area (TPSA) is 34.9 Å². The van der Waals surface area contributed by atoms with Crippen molar-refractivity contribution >= 4 is 0 Å². The number of allylic oxidation sites excluding steroid dienone is 4. The average molecular weight is 401 g/mol. The maximum Gasteiger partial charge on any atom is 0.261 e. The van der Waals surface area contributed by atoms with Crippen LogP contribution in [-0.4, -0.2) is 9.55 Å². The van der Waals surface area contributed by atoms with Gasteiger partial charge in [0.1, 0.15) is 5.82 Å². The maximum absolute atomic E-state index is 13.5. The molecule has 0 radical (unpaired) electrons. The average Bonchev–Trinajstić information content (AvgIpc) is 2.80. The lowest BCUT2D eigenvalue weighted by Crippen LogP contribution is -2.26. The minimum atomic E-state index is 0.00786. The molecule has 2 aromatic carbocycles. The Bertz CT molecular complexity index is 1050. The molecule has 0 bridgehead atoms. The van der Waals surface area contributed by atoms with Crippen molar-refractivity contribution in [1.82, 2.24) is 9.55 Å². The van der Waals surface area contributed by atoms with Gasteiger partial charge in [0.2, 0.25) is 0 Å². The van der Waals surface area contributed by atoms with Crippen molar-refractivity contribution in [2.24, 2.45) is 0 Å². The van der Waals surface area contributed by atoms with Gasteiger partial charge in [0.15, 0.2) is 0 Å². The predicted molar refractivity (Wildman–Crippen MR) is 129 cm³/mol. The van der Waals surface area contributed by atoms with Gasteiger partial charge in [-0.2, -0.15) is 0 Å². The first-order valence-electron chi connectivity index (χ1n) is 10.7. The summed E-state index contributed by atoms with van der Waals surface area (Å²) in [5.41, 5.74) is 4.50. The fourth-order valence-corrected chi connectivity index (χ4v) is 3.39. The molecule has 0 spiro atoms. The fraction of sp³-hybridized carbons (Fsp3) is 0.259. The molecular weight excluding hydrogens is 368 g/mol. The Balaban J connectivity index is 0.00000155. The van der Waals surface area contributed by atoms with E-state index in [1.54, 1.807) is 0 Å². The van der Waals surface area contributed by atoms with E-state index in [1.807, 2.05) is 106 Å². The Morgan fingerprint density at radius 3 is 2.03 bits per heavy atom. The van der Waals surface area contributed by atoms with Crippen LogP contribution < -0.4 is 5.56 Å². The van der Waals surface area contributed by atoms with Crippen molar-refractivity contribution in [3.63, 3.8) is 0 Å². The number of nitrogens with zero attached hydrogens (tertiary/aromatic N) is 2. The number of hydrogen-bond donors (Lipinski definition) is 0. The third-order valence-corrected chi connectivity index (χ3v) is 4.82. The quantitative estimate of drug-likeness (QED) is 0.425. The third kappa shape index (κ3) is 5.44. The first-order valence-corrected chi connectivity index (χ1v) is 10.7.